The molecule has 1 N–H and O–H groups in total. The summed E-state index contributed by atoms with van der Waals surface area (Å²) in [6.07, 6.45) is 5.45. The zero-order chi connectivity index (χ0) is 21.6. The second kappa shape index (κ2) is 9.57. The number of esters is 1. The smallest absolute Gasteiger partial charge is 0.337 e. The maximum Gasteiger partial charge on any atom is 0.337 e. The third kappa shape index (κ3) is 5.19. The maximum absolute atomic E-state index is 12.9. The van der Waals surface area contributed by atoms with Crippen molar-refractivity contribution in [2.45, 2.75) is 19.4 Å². The fourth-order valence-electron chi connectivity index (χ4n) is 3.93. The first-order valence-electron chi connectivity index (χ1n) is 10.4. The Labute approximate surface area is 181 Å². The predicted molar refractivity (Wildman–Crippen MR) is 118 cm³/mol. The van der Waals surface area contributed by atoms with E-state index in [1.54, 1.807) is 23.0 Å². The number of likely N-dealkylation sites (tertiary alicyclic amines) is 1. The lowest BCUT2D eigenvalue weighted by atomic mass is 9.96. The third-order valence-corrected chi connectivity index (χ3v) is 5.54. The Kier molecular flexibility index (Phi) is 6.43. The van der Waals surface area contributed by atoms with Gasteiger partial charge in [-0.05, 0) is 61.3 Å². The summed E-state index contributed by atoms with van der Waals surface area (Å²) in [4.78, 5) is 26.8. The lowest BCUT2D eigenvalue weighted by molar-refractivity contribution is -0.121. The van der Waals surface area contributed by atoms with Crippen LogP contribution in [0.5, 0.6) is 0 Å². The third-order valence-electron chi connectivity index (χ3n) is 5.54. The second-order valence-electron chi connectivity index (χ2n) is 7.75. The summed E-state index contributed by atoms with van der Waals surface area (Å²) >= 11 is 0. The van der Waals surface area contributed by atoms with Gasteiger partial charge in [-0.2, -0.15) is 5.10 Å². The average molecular weight is 418 g/mol. The van der Waals surface area contributed by atoms with E-state index in [1.165, 1.54) is 7.11 Å². The number of anilines is 1. The summed E-state index contributed by atoms with van der Waals surface area (Å²) in [7, 11) is 1.38. The van der Waals surface area contributed by atoms with E-state index < -0.39 is 0 Å². The number of carbonyl (C=O) groups excluding carboxylic acids is 2. The summed E-state index contributed by atoms with van der Waals surface area (Å²) in [5.41, 5.74) is 3.33. The highest BCUT2D eigenvalue weighted by Crippen LogP contribution is 2.22. The van der Waals surface area contributed by atoms with E-state index in [9.17, 15) is 9.59 Å². The van der Waals surface area contributed by atoms with Crippen LogP contribution in [0.25, 0.3) is 5.69 Å². The summed E-state index contributed by atoms with van der Waals surface area (Å²) in [6.45, 7) is 2.42. The van der Waals surface area contributed by atoms with Gasteiger partial charge in [-0.1, -0.05) is 18.2 Å². The van der Waals surface area contributed by atoms with Crippen molar-refractivity contribution in [3.63, 3.8) is 0 Å². The maximum atomic E-state index is 12.9. The number of aromatic nitrogens is 2. The minimum Gasteiger partial charge on any atom is -0.465 e. The molecule has 1 atom stereocenters. The first-order valence-corrected chi connectivity index (χ1v) is 10.4. The molecule has 1 saturated heterocycles. The fraction of sp³-hybridized carbons (Fsp3) is 0.292. The largest absolute Gasteiger partial charge is 0.465 e. The molecular formula is C24H26N4O3. The number of benzene rings is 2. The van der Waals surface area contributed by atoms with Crippen molar-refractivity contribution in [3.8, 4) is 5.69 Å². The molecule has 1 aliphatic heterocycles. The lowest BCUT2D eigenvalue weighted by Crippen LogP contribution is -2.40. The zero-order valence-corrected chi connectivity index (χ0v) is 17.5. The standard InChI is InChI=1S/C24H26N4O3/c1-31-24(30)19-10-8-18(9-11-19)16-27-13-3-5-20(17-27)23(29)26-21-6-2-7-22(15-21)28-14-4-12-25-28/h2,4,6-12,14-15,20H,3,5,13,16-17H2,1H3,(H,26,29)/t20-/m0/s1. The predicted octanol–water partition coefficient (Wildman–Crippen LogP) is 3.51. The first-order chi connectivity index (χ1) is 15.1. The van der Waals surface area contributed by atoms with Gasteiger partial charge in [-0.25, -0.2) is 9.48 Å². The molecule has 1 aliphatic rings. The Morgan fingerprint density at radius 2 is 2.00 bits per heavy atom. The number of nitrogens with zero attached hydrogens (tertiary/aromatic N) is 3. The van der Waals surface area contributed by atoms with Crippen molar-refractivity contribution in [2.75, 3.05) is 25.5 Å². The topological polar surface area (TPSA) is 76.5 Å². The van der Waals surface area contributed by atoms with E-state index in [-0.39, 0.29) is 17.8 Å². The molecule has 0 aliphatic carbocycles. The van der Waals surface area contributed by atoms with Gasteiger partial charge < -0.3 is 10.1 Å². The molecule has 160 valence electrons. The molecule has 3 aromatic rings. The molecule has 0 radical (unpaired) electrons. The van der Waals surface area contributed by atoms with E-state index in [0.717, 1.165) is 42.9 Å². The van der Waals surface area contributed by atoms with E-state index in [1.807, 2.05) is 48.7 Å². The number of nitrogens with one attached hydrogen (secondary N) is 1. The van der Waals surface area contributed by atoms with Crippen LogP contribution in [0.3, 0.4) is 0 Å². The van der Waals surface area contributed by atoms with Gasteiger partial charge in [0.05, 0.1) is 24.3 Å². The number of ether oxygens (including phenoxy) is 1. The minimum atomic E-state index is -0.335. The molecular weight excluding hydrogens is 392 g/mol. The van der Waals surface area contributed by atoms with Crippen molar-refractivity contribution >= 4 is 17.6 Å². The number of amides is 1. The number of hydrogen-bond donors (Lipinski definition) is 1. The second-order valence-corrected chi connectivity index (χ2v) is 7.75. The van der Waals surface area contributed by atoms with E-state index in [2.05, 4.69) is 15.3 Å². The van der Waals surface area contributed by atoms with E-state index >= 15 is 0 Å². The Balaban J connectivity index is 1.35. The monoisotopic (exact) mass is 418 g/mol. The van der Waals surface area contributed by atoms with Gasteiger partial charge in [0.1, 0.15) is 0 Å². The molecule has 0 unspecified atom stereocenters. The first kappa shape index (κ1) is 20.8. The van der Waals surface area contributed by atoms with Gasteiger partial charge in [-0.15, -0.1) is 0 Å². The summed E-state index contributed by atoms with van der Waals surface area (Å²) in [5, 5.41) is 7.30. The number of piperidine rings is 1. The molecule has 2 heterocycles. The van der Waals surface area contributed by atoms with Crippen LogP contribution in [0, 0.1) is 5.92 Å². The molecule has 7 nitrogen and oxygen atoms in total. The van der Waals surface area contributed by atoms with E-state index in [0.29, 0.717) is 12.1 Å². The van der Waals surface area contributed by atoms with Crippen LogP contribution >= 0.6 is 0 Å². The Morgan fingerprint density at radius 3 is 2.74 bits per heavy atom. The molecule has 0 spiro atoms. The minimum absolute atomic E-state index is 0.0448. The molecule has 0 saturated carbocycles. The summed E-state index contributed by atoms with van der Waals surface area (Å²) in [5.74, 6) is -0.349. The normalized spacial score (nSPS) is 16.6. The molecule has 2 aromatic carbocycles. The van der Waals surface area contributed by atoms with Gasteiger partial charge >= 0.3 is 5.97 Å². The lowest BCUT2D eigenvalue weighted by Gasteiger charge is -2.32. The van der Waals surface area contributed by atoms with Crippen LogP contribution in [-0.2, 0) is 16.1 Å². The van der Waals surface area contributed by atoms with Gasteiger partial charge in [0.25, 0.3) is 0 Å². The quantitative estimate of drug-likeness (QED) is 0.620. The molecule has 1 aromatic heterocycles. The average Bonchev–Trinajstić information content (AvgIpc) is 3.34. The molecule has 4 rings (SSSR count). The van der Waals surface area contributed by atoms with Crippen LogP contribution in [-0.4, -0.2) is 46.8 Å². The van der Waals surface area contributed by atoms with E-state index in [4.69, 9.17) is 4.74 Å². The Hall–Kier alpha value is -3.45. The SMILES string of the molecule is COC(=O)c1ccc(CN2CCC[C@H](C(=O)Nc3cccc(-n4cccn4)c3)C2)cc1. The molecule has 0 bridgehead atoms. The molecule has 31 heavy (non-hydrogen) atoms. The summed E-state index contributed by atoms with van der Waals surface area (Å²) < 4.78 is 6.51. The van der Waals surface area contributed by atoms with Crippen LogP contribution in [0.4, 0.5) is 5.69 Å². The van der Waals surface area contributed by atoms with Crippen LogP contribution in [0.1, 0.15) is 28.8 Å². The van der Waals surface area contributed by atoms with Gasteiger partial charge in [0.2, 0.25) is 5.91 Å². The Bertz CT molecular complexity index is 1030. The van der Waals surface area contributed by atoms with Crippen LogP contribution in [0.2, 0.25) is 0 Å². The van der Waals surface area contributed by atoms with Crippen molar-refractivity contribution in [1.82, 2.24) is 14.7 Å². The van der Waals surface area contributed by atoms with Crippen molar-refractivity contribution in [2.24, 2.45) is 5.92 Å². The van der Waals surface area contributed by atoms with Crippen LogP contribution < -0.4 is 5.32 Å². The molecule has 7 heteroatoms. The highest BCUT2D eigenvalue weighted by Gasteiger charge is 2.26. The molecule has 1 amide bonds. The van der Waals surface area contributed by atoms with Crippen molar-refractivity contribution < 1.29 is 14.3 Å². The highest BCUT2D eigenvalue weighted by atomic mass is 16.5. The number of hydrogen-bond acceptors (Lipinski definition) is 5. The van der Waals surface area contributed by atoms with Crippen molar-refractivity contribution in [1.29, 1.82) is 0 Å². The Morgan fingerprint density at radius 1 is 1.16 bits per heavy atom. The number of carbonyl (C=O) groups is 2. The van der Waals surface area contributed by atoms with Gasteiger partial charge in [-0.3, -0.25) is 9.69 Å². The zero-order valence-electron chi connectivity index (χ0n) is 17.5. The van der Waals surface area contributed by atoms with Gasteiger partial charge in [0.15, 0.2) is 0 Å². The van der Waals surface area contributed by atoms with Gasteiger partial charge in [0, 0.05) is 31.2 Å². The fourth-order valence-corrected chi connectivity index (χ4v) is 3.93. The van der Waals surface area contributed by atoms with Crippen LogP contribution in [0.15, 0.2) is 67.0 Å². The summed E-state index contributed by atoms with van der Waals surface area (Å²) in [6, 6.07) is 17.0. The van der Waals surface area contributed by atoms with Crippen molar-refractivity contribution in [3.05, 3.63) is 78.1 Å². The molecule has 1 fully saturated rings. The number of methoxy groups -OCH3 is 1. The number of rotatable bonds is 6. The highest BCUT2D eigenvalue weighted by molar-refractivity contribution is 5.93.